The predicted molar refractivity (Wildman–Crippen MR) is 105 cm³/mol. The van der Waals surface area contributed by atoms with Crippen molar-refractivity contribution in [2.45, 2.75) is 27.3 Å². The summed E-state index contributed by atoms with van der Waals surface area (Å²) in [6, 6.07) is 10.0. The van der Waals surface area contributed by atoms with E-state index in [4.69, 9.17) is 4.74 Å². The van der Waals surface area contributed by atoms with Crippen LogP contribution in [0.5, 0.6) is 0 Å². The summed E-state index contributed by atoms with van der Waals surface area (Å²) in [5.74, 6) is 0.749. The summed E-state index contributed by atoms with van der Waals surface area (Å²) in [6.45, 7) is 7.43. The Hall–Kier alpha value is -2.31. The number of hydrogen-bond acceptors (Lipinski definition) is 5. The standard InChI is InChI=1S/C20H23N3O2S/c1-13-17-14(2)21-15(3)22-19(17)26-18(13)20(24)23(10-11-25-4)12-16-8-6-5-7-9-16/h5-9H,10-12H2,1-4H3. The number of aryl methyl sites for hydroxylation is 3. The molecular weight excluding hydrogens is 346 g/mol. The van der Waals surface area contributed by atoms with Gasteiger partial charge in [0.15, 0.2) is 0 Å². The highest BCUT2D eigenvalue weighted by molar-refractivity contribution is 7.20. The van der Waals surface area contributed by atoms with Crippen LogP contribution < -0.4 is 0 Å². The van der Waals surface area contributed by atoms with Crippen molar-refractivity contribution in [1.29, 1.82) is 0 Å². The van der Waals surface area contributed by atoms with Crippen molar-refractivity contribution in [3.05, 3.63) is 57.9 Å². The maximum Gasteiger partial charge on any atom is 0.264 e. The number of nitrogens with zero attached hydrogens (tertiary/aromatic N) is 3. The van der Waals surface area contributed by atoms with Gasteiger partial charge < -0.3 is 9.64 Å². The molecule has 3 rings (SSSR count). The fourth-order valence-electron chi connectivity index (χ4n) is 3.08. The smallest absolute Gasteiger partial charge is 0.264 e. The lowest BCUT2D eigenvalue weighted by molar-refractivity contribution is 0.0684. The number of methoxy groups -OCH3 is 1. The van der Waals surface area contributed by atoms with Crippen LogP contribution in [0.1, 0.15) is 32.3 Å². The lowest BCUT2D eigenvalue weighted by atomic mass is 10.1. The maximum absolute atomic E-state index is 13.3. The fourth-order valence-corrected chi connectivity index (χ4v) is 4.32. The third-order valence-corrected chi connectivity index (χ3v) is 5.52. The molecule has 6 heteroatoms. The van der Waals surface area contributed by atoms with Gasteiger partial charge in [0.1, 0.15) is 10.7 Å². The summed E-state index contributed by atoms with van der Waals surface area (Å²) >= 11 is 1.45. The van der Waals surface area contributed by atoms with Gasteiger partial charge in [0.05, 0.1) is 11.5 Å². The van der Waals surface area contributed by atoms with E-state index in [-0.39, 0.29) is 5.91 Å². The van der Waals surface area contributed by atoms with Gasteiger partial charge in [-0.15, -0.1) is 11.3 Å². The van der Waals surface area contributed by atoms with E-state index >= 15 is 0 Å². The monoisotopic (exact) mass is 369 g/mol. The molecule has 1 amide bonds. The minimum absolute atomic E-state index is 0.0171. The van der Waals surface area contributed by atoms with Gasteiger partial charge in [-0.1, -0.05) is 30.3 Å². The van der Waals surface area contributed by atoms with E-state index in [1.165, 1.54) is 11.3 Å². The highest BCUT2D eigenvalue weighted by Gasteiger charge is 2.23. The average molecular weight is 369 g/mol. The van der Waals surface area contributed by atoms with Gasteiger partial charge in [0.25, 0.3) is 5.91 Å². The molecule has 0 fully saturated rings. The van der Waals surface area contributed by atoms with Crippen LogP contribution in [0.15, 0.2) is 30.3 Å². The summed E-state index contributed by atoms with van der Waals surface area (Å²) in [6.07, 6.45) is 0. The predicted octanol–water partition coefficient (Wildman–Crippen LogP) is 3.91. The molecule has 0 saturated heterocycles. The van der Waals surface area contributed by atoms with Gasteiger partial charge >= 0.3 is 0 Å². The van der Waals surface area contributed by atoms with Crippen LogP contribution in [0.25, 0.3) is 10.2 Å². The second-order valence-corrected chi connectivity index (χ2v) is 7.30. The number of fused-ring (bicyclic) bond motifs is 1. The van der Waals surface area contributed by atoms with E-state index < -0.39 is 0 Å². The Kier molecular flexibility index (Phi) is 5.64. The molecule has 2 heterocycles. The number of hydrogen-bond donors (Lipinski definition) is 0. The molecule has 5 nitrogen and oxygen atoms in total. The molecule has 0 N–H and O–H groups in total. The Morgan fingerprint density at radius 1 is 1.15 bits per heavy atom. The van der Waals surface area contributed by atoms with Crippen molar-refractivity contribution in [2.75, 3.05) is 20.3 Å². The topological polar surface area (TPSA) is 55.3 Å². The Morgan fingerprint density at radius 3 is 2.58 bits per heavy atom. The third kappa shape index (κ3) is 3.76. The average Bonchev–Trinajstić information content (AvgIpc) is 2.95. The maximum atomic E-state index is 13.3. The van der Waals surface area contributed by atoms with E-state index in [1.54, 1.807) is 7.11 Å². The van der Waals surface area contributed by atoms with Crippen molar-refractivity contribution in [1.82, 2.24) is 14.9 Å². The normalized spacial score (nSPS) is 11.1. The van der Waals surface area contributed by atoms with Crippen LogP contribution in [0.2, 0.25) is 0 Å². The number of aromatic nitrogens is 2. The van der Waals surface area contributed by atoms with Crippen molar-refractivity contribution in [3.8, 4) is 0 Å². The van der Waals surface area contributed by atoms with E-state index in [9.17, 15) is 4.79 Å². The number of carbonyl (C=O) groups is 1. The molecule has 26 heavy (non-hydrogen) atoms. The summed E-state index contributed by atoms with van der Waals surface area (Å²) in [5.41, 5.74) is 2.98. The number of amides is 1. The summed E-state index contributed by atoms with van der Waals surface area (Å²) in [7, 11) is 1.65. The van der Waals surface area contributed by atoms with E-state index in [0.717, 1.165) is 37.7 Å². The Bertz CT molecular complexity index is 922. The zero-order valence-electron chi connectivity index (χ0n) is 15.6. The summed E-state index contributed by atoms with van der Waals surface area (Å²) in [5, 5.41) is 0.996. The Morgan fingerprint density at radius 2 is 1.88 bits per heavy atom. The third-order valence-electron chi connectivity index (χ3n) is 4.35. The number of ether oxygens (including phenoxy) is 1. The van der Waals surface area contributed by atoms with Gasteiger partial charge in [-0.25, -0.2) is 9.97 Å². The number of benzene rings is 1. The number of thiophene rings is 1. The molecule has 3 aromatic rings. The van der Waals surface area contributed by atoms with Gasteiger partial charge in [-0.2, -0.15) is 0 Å². The molecule has 0 aliphatic carbocycles. The molecule has 0 saturated carbocycles. The Balaban J connectivity index is 1.97. The molecule has 136 valence electrons. The van der Waals surface area contributed by atoms with Gasteiger partial charge in [0, 0.05) is 31.3 Å². The van der Waals surface area contributed by atoms with Crippen molar-refractivity contribution in [3.63, 3.8) is 0 Å². The molecule has 0 bridgehead atoms. The van der Waals surface area contributed by atoms with Crippen LogP contribution in [-0.4, -0.2) is 41.0 Å². The molecule has 0 aliphatic rings. The van der Waals surface area contributed by atoms with E-state index in [0.29, 0.717) is 19.7 Å². The largest absolute Gasteiger partial charge is 0.383 e. The van der Waals surface area contributed by atoms with Crippen LogP contribution >= 0.6 is 11.3 Å². The minimum atomic E-state index is 0.0171. The summed E-state index contributed by atoms with van der Waals surface area (Å²) in [4.78, 5) is 25.7. The van der Waals surface area contributed by atoms with Crippen LogP contribution in [-0.2, 0) is 11.3 Å². The first-order valence-electron chi connectivity index (χ1n) is 8.57. The molecular formula is C20H23N3O2S. The van der Waals surface area contributed by atoms with Crippen molar-refractivity contribution >= 4 is 27.5 Å². The zero-order valence-corrected chi connectivity index (χ0v) is 16.4. The second-order valence-electron chi connectivity index (χ2n) is 6.30. The van der Waals surface area contributed by atoms with Gasteiger partial charge in [-0.05, 0) is 31.9 Å². The molecule has 0 atom stereocenters. The number of rotatable bonds is 6. The highest BCUT2D eigenvalue weighted by Crippen LogP contribution is 2.32. The van der Waals surface area contributed by atoms with Gasteiger partial charge in [0.2, 0.25) is 0 Å². The SMILES string of the molecule is COCCN(Cc1ccccc1)C(=O)c1sc2nc(C)nc(C)c2c1C. The first-order valence-corrected chi connectivity index (χ1v) is 9.39. The summed E-state index contributed by atoms with van der Waals surface area (Å²) < 4.78 is 5.21. The van der Waals surface area contributed by atoms with Crippen LogP contribution in [0.4, 0.5) is 0 Å². The fraction of sp³-hybridized carbons (Fsp3) is 0.350. The molecule has 0 radical (unpaired) electrons. The van der Waals surface area contributed by atoms with Crippen molar-refractivity contribution in [2.24, 2.45) is 0 Å². The first-order chi connectivity index (χ1) is 12.5. The van der Waals surface area contributed by atoms with E-state index in [2.05, 4.69) is 9.97 Å². The second kappa shape index (κ2) is 7.93. The Labute approximate surface area is 157 Å². The van der Waals surface area contributed by atoms with Crippen molar-refractivity contribution < 1.29 is 9.53 Å². The minimum Gasteiger partial charge on any atom is -0.383 e. The lowest BCUT2D eigenvalue weighted by Gasteiger charge is -2.22. The van der Waals surface area contributed by atoms with E-state index in [1.807, 2.05) is 56.0 Å². The van der Waals surface area contributed by atoms with Crippen LogP contribution in [0, 0.1) is 20.8 Å². The quantitative estimate of drug-likeness (QED) is 0.661. The lowest BCUT2D eigenvalue weighted by Crippen LogP contribution is -2.33. The molecule has 0 spiro atoms. The number of carbonyl (C=O) groups excluding carboxylic acids is 1. The molecule has 0 unspecified atom stereocenters. The molecule has 0 aliphatic heterocycles. The molecule has 1 aromatic carbocycles. The molecule has 2 aromatic heterocycles. The van der Waals surface area contributed by atoms with Crippen LogP contribution in [0.3, 0.4) is 0 Å². The zero-order chi connectivity index (χ0) is 18.7. The van der Waals surface area contributed by atoms with Gasteiger partial charge in [-0.3, -0.25) is 4.79 Å². The highest BCUT2D eigenvalue weighted by atomic mass is 32.1. The first kappa shape index (κ1) is 18.5.